The molecule has 1 aliphatic carbocycles. The number of aromatic hydroxyl groups is 2. The topological polar surface area (TPSA) is 101 Å². The van der Waals surface area contributed by atoms with Crippen LogP contribution in [-0.2, 0) is 9.53 Å². The monoisotopic (exact) mass is 418 g/mol. The van der Waals surface area contributed by atoms with Crippen LogP contribution in [0.5, 0.6) is 11.5 Å². The number of carbonyl (C=O) groups is 3. The summed E-state index contributed by atoms with van der Waals surface area (Å²) in [7, 11) is 0. The lowest BCUT2D eigenvalue weighted by Gasteiger charge is -2.21. The number of ether oxygens (including phenoxy) is 1. The number of hydrogen-bond donors (Lipinski definition) is 2. The minimum atomic E-state index is -0.979. The summed E-state index contributed by atoms with van der Waals surface area (Å²) in [6, 6.07) is 10.3. The van der Waals surface area contributed by atoms with Crippen LogP contribution < -0.4 is 0 Å². The van der Waals surface area contributed by atoms with Crippen molar-refractivity contribution in [3.8, 4) is 11.5 Å². The molecule has 0 unspecified atom stereocenters. The highest BCUT2D eigenvalue weighted by Crippen LogP contribution is 2.41. The van der Waals surface area contributed by atoms with E-state index < -0.39 is 35.1 Å². The molecule has 31 heavy (non-hydrogen) atoms. The van der Waals surface area contributed by atoms with Crippen molar-refractivity contribution in [3.05, 3.63) is 88.5 Å². The third-order valence-electron chi connectivity index (χ3n) is 4.74. The van der Waals surface area contributed by atoms with Gasteiger partial charge in [-0.05, 0) is 43.7 Å². The molecular weight excluding hydrogens is 396 g/mol. The molecule has 0 saturated heterocycles. The Bertz CT molecular complexity index is 1120. The van der Waals surface area contributed by atoms with E-state index >= 15 is 0 Å². The molecule has 0 bridgehead atoms. The van der Waals surface area contributed by atoms with Gasteiger partial charge in [0, 0.05) is 18.1 Å². The zero-order chi connectivity index (χ0) is 22.5. The molecule has 3 rings (SSSR count). The van der Waals surface area contributed by atoms with E-state index in [4.69, 9.17) is 4.74 Å². The van der Waals surface area contributed by atoms with Gasteiger partial charge in [0.2, 0.25) is 0 Å². The van der Waals surface area contributed by atoms with Crippen molar-refractivity contribution in [3.63, 3.8) is 0 Å². The quantitative estimate of drug-likeness (QED) is 0.306. The van der Waals surface area contributed by atoms with Gasteiger partial charge in [-0.3, -0.25) is 9.59 Å². The third kappa shape index (κ3) is 4.98. The van der Waals surface area contributed by atoms with E-state index in [9.17, 15) is 24.6 Å². The lowest BCUT2D eigenvalue weighted by molar-refractivity contribution is -0.143. The Morgan fingerprint density at radius 3 is 2.32 bits per heavy atom. The summed E-state index contributed by atoms with van der Waals surface area (Å²) in [4.78, 5) is 36.8. The zero-order valence-electron chi connectivity index (χ0n) is 17.2. The van der Waals surface area contributed by atoms with E-state index in [1.807, 2.05) is 50.3 Å². The highest BCUT2D eigenvalue weighted by molar-refractivity contribution is 6.24. The van der Waals surface area contributed by atoms with E-state index in [1.54, 1.807) is 6.08 Å². The summed E-state index contributed by atoms with van der Waals surface area (Å²) in [5, 5.41) is 21.1. The van der Waals surface area contributed by atoms with Gasteiger partial charge in [0.1, 0.15) is 17.6 Å². The van der Waals surface area contributed by atoms with Crippen LogP contribution in [0.3, 0.4) is 0 Å². The number of allylic oxidation sites excluding steroid dienone is 3. The number of fused-ring (bicyclic) bond motifs is 1. The molecule has 0 radical (unpaired) electrons. The van der Waals surface area contributed by atoms with E-state index in [1.165, 1.54) is 6.08 Å². The van der Waals surface area contributed by atoms with Crippen molar-refractivity contribution in [1.29, 1.82) is 0 Å². The second-order valence-corrected chi connectivity index (χ2v) is 7.33. The molecule has 1 aliphatic rings. The van der Waals surface area contributed by atoms with Crippen molar-refractivity contribution in [2.24, 2.45) is 0 Å². The number of hydrogen-bond acceptors (Lipinski definition) is 6. The predicted octanol–water partition coefficient (Wildman–Crippen LogP) is 4.69. The fourth-order valence-electron chi connectivity index (χ4n) is 3.22. The van der Waals surface area contributed by atoms with Crippen molar-refractivity contribution >= 4 is 23.6 Å². The first-order chi connectivity index (χ1) is 14.8. The second-order valence-electron chi connectivity index (χ2n) is 7.33. The number of carbonyl (C=O) groups excluding carboxylic acids is 3. The van der Waals surface area contributed by atoms with Gasteiger partial charge in [-0.2, -0.15) is 0 Å². The van der Waals surface area contributed by atoms with E-state index in [0.717, 1.165) is 29.4 Å². The maximum absolute atomic E-state index is 12.4. The molecule has 0 spiro atoms. The predicted molar refractivity (Wildman–Crippen MR) is 116 cm³/mol. The molecule has 6 nitrogen and oxygen atoms in total. The van der Waals surface area contributed by atoms with Gasteiger partial charge in [-0.1, -0.05) is 42.0 Å². The summed E-state index contributed by atoms with van der Waals surface area (Å²) in [6.45, 7) is 3.73. The fraction of sp³-hybridized carbons (Fsp3) is 0.160. The van der Waals surface area contributed by atoms with E-state index in [-0.39, 0.29) is 23.1 Å². The van der Waals surface area contributed by atoms with E-state index in [0.29, 0.717) is 0 Å². The van der Waals surface area contributed by atoms with Crippen molar-refractivity contribution < 1.29 is 29.3 Å². The minimum Gasteiger partial charge on any atom is -0.507 e. The van der Waals surface area contributed by atoms with Crippen LogP contribution in [0.15, 0.2) is 66.3 Å². The summed E-state index contributed by atoms with van der Waals surface area (Å²) >= 11 is 0. The van der Waals surface area contributed by atoms with Gasteiger partial charge >= 0.3 is 5.97 Å². The molecular formula is C25H22O6. The lowest BCUT2D eigenvalue weighted by Crippen LogP contribution is -2.16. The van der Waals surface area contributed by atoms with Gasteiger partial charge in [0.15, 0.2) is 11.6 Å². The van der Waals surface area contributed by atoms with Gasteiger partial charge in [-0.15, -0.1) is 0 Å². The molecule has 2 aromatic carbocycles. The molecule has 2 N–H and O–H groups in total. The van der Waals surface area contributed by atoms with Gasteiger partial charge < -0.3 is 14.9 Å². The molecule has 0 saturated carbocycles. The Kier molecular flexibility index (Phi) is 6.50. The maximum Gasteiger partial charge on any atom is 0.331 e. The Labute approximate surface area is 179 Å². The summed E-state index contributed by atoms with van der Waals surface area (Å²) in [5.41, 5.74) is 1.26. The second kappa shape index (κ2) is 9.26. The Balaban J connectivity index is 1.97. The Morgan fingerprint density at radius 1 is 1.03 bits per heavy atom. The fourth-order valence-corrected chi connectivity index (χ4v) is 3.22. The van der Waals surface area contributed by atoms with Crippen LogP contribution >= 0.6 is 0 Å². The average Bonchev–Trinajstić information content (AvgIpc) is 2.74. The first-order valence-electron chi connectivity index (χ1n) is 9.70. The van der Waals surface area contributed by atoms with Gasteiger partial charge in [0.25, 0.3) is 0 Å². The highest BCUT2D eigenvalue weighted by atomic mass is 16.5. The van der Waals surface area contributed by atoms with Crippen LogP contribution in [-0.4, -0.2) is 27.7 Å². The Morgan fingerprint density at radius 2 is 1.68 bits per heavy atom. The maximum atomic E-state index is 12.4. The van der Waals surface area contributed by atoms with Crippen LogP contribution in [0.2, 0.25) is 0 Å². The standard InChI is InChI=1S/C25H22O6/c1-15(2)8-12-21(31-22(29)13-9-16-6-4-3-5-7-16)17-14-20(28)23-18(26)10-11-19(27)24(23)25(17)30/h3-11,13-14,21,28,30H,12H2,1-2H3/b13-9+/t21-/m0/s1. The van der Waals surface area contributed by atoms with Crippen LogP contribution in [0.25, 0.3) is 6.08 Å². The van der Waals surface area contributed by atoms with Crippen molar-refractivity contribution in [1.82, 2.24) is 0 Å². The largest absolute Gasteiger partial charge is 0.507 e. The molecule has 2 aromatic rings. The van der Waals surface area contributed by atoms with Crippen LogP contribution in [0.1, 0.15) is 58.2 Å². The SMILES string of the molecule is CC(C)=CC[C@H](OC(=O)/C=C/c1ccccc1)c1cc(O)c2c(c1O)C(=O)C=CC2=O. The summed E-state index contributed by atoms with van der Waals surface area (Å²) in [5.74, 6) is -2.79. The molecule has 158 valence electrons. The lowest BCUT2D eigenvalue weighted by atomic mass is 9.89. The van der Waals surface area contributed by atoms with Crippen molar-refractivity contribution in [2.75, 3.05) is 0 Å². The summed E-state index contributed by atoms with van der Waals surface area (Å²) < 4.78 is 5.54. The zero-order valence-corrected chi connectivity index (χ0v) is 17.2. The molecule has 0 aliphatic heterocycles. The number of phenolic OH excluding ortho intramolecular Hbond substituents is 2. The first kappa shape index (κ1) is 21.8. The molecule has 0 fully saturated rings. The third-order valence-corrected chi connectivity index (χ3v) is 4.74. The summed E-state index contributed by atoms with van der Waals surface area (Å²) in [6.07, 6.45) is 5.97. The first-order valence-corrected chi connectivity index (χ1v) is 9.70. The average molecular weight is 418 g/mol. The molecule has 1 atom stereocenters. The molecule has 0 aromatic heterocycles. The number of rotatable bonds is 6. The van der Waals surface area contributed by atoms with Crippen molar-refractivity contribution in [2.45, 2.75) is 26.4 Å². The minimum absolute atomic E-state index is 0.0478. The highest BCUT2D eigenvalue weighted by Gasteiger charge is 2.31. The molecule has 0 heterocycles. The smallest absolute Gasteiger partial charge is 0.331 e. The molecule has 0 amide bonds. The van der Waals surface area contributed by atoms with Gasteiger partial charge in [0.05, 0.1) is 11.1 Å². The van der Waals surface area contributed by atoms with Gasteiger partial charge in [-0.25, -0.2) is 4.79 Å². The van der Waals surface area contributed by atoms with Crippen LogP contribution in [0.4, 0.5) is 0 Å². The number of ketones is 2. The number of phenols is 2. The number of esters is 1. The Hall–Kier alpha value is -3.93. The molecule has 6 heteroatoms. The van der Waals surface area contributed by atoms with Crippen LogP contribution in [0, 0.1) is 0 Å². The van der Waals surface area contributed by atoms with E-state index in [2.05, 4.69) is 0 Å². The normalized spacial score (nSPS) is 13.7. The number of benzene rings is 2.